The summed E-state index contributed by atoms with van der Waals surface area (Å²) in [6.45, 7) is 0. The highest BCUT2D eigenvalue weighted by molar-refractivity contribution is 9.10. The van der Waals surface area contributed by atoms with Gasteiger partial charge in [0.1, 0.15) is 5.82 Å². The molecule has 0 unspecified atom stereocenters. The molecule has 0 radical (unpaired) electrons. The highest BCUT2D eigenvalue weighted by atomic mass is 79.9. The highest BCUT2D eigenvalue weighted by Crippen LogP contribution is 2.37. The van der Waals surface area contributed by atoms with Gasteiger partial charge in [-0.25, -0.2) is 4.39 Å². The van der Waals surface area contributed by atoms with Crippen LogP contribution in [-0.2, 0) is 4.79 Å². The lowest BCUT2D eigenvalue weighted by Crippen LogP contribution is -2.44. The summed E-state index contributed by atoms with van der Waals surface area (Å²) in [5.74, 6) is -0.631. The van der Waals surface area contributed by atoms with E-state index in [4.69, 9.17) is 5.73 Å². The standard InChI is InChI=1S/C18H22BrFN2O2/c19-12-3-8-15(16(20)10-12)18(24)22(14-6-7-14)13-4-1-11(2-5-13)9-17(21)23/h3,8,10-11,13-14H,1-2,4-7,9H2,(H2,21,23)/t11-,13-. The Morgan fingerprint density at radius 1 is 1.12 bits per heavy atom. The van der Waals surface area contributed by atoms with Crippen molar-refractivity contribution in [3.05, 3.63) is 34.1 Å². The lowest BCUT2D eigenvalue weighted by Gasteiger charge is -2.37. The molecule has 0 spiro atoms. The predicted octanol–water partition coefficient (Wildman–Crippen LogP) is 3.63. The number of carbonyl (C=O) groups excluding carboxylic acids is 2. The summed E-state index contributed by atoms with van der Waals surface area (Å²) in [5, 5.41) is 0. The van der Waals surface area contributed by atoms with Crippen LogP contribution in [0.3, 0.4) is 0 Å². The summed E-state index contributed by atoms with van der Waals surface area (Å²) in [6.07, 6.45) is 5.91. The first kappa shape index (κ1) is 17.4. The number of halogens is 2. The molecule has 6 heteroatoms. The molecule has 24 heavy (non-hydrogen) atoms. The third-order valence-electron chi connectivity index (χ3n) is 5.04. The Hall–Kier alpha value is -1.43. The number of primary amides is 1. The number of carbonyl (C=O) groups is 2. The summed E-state index contributed by atoms with van der Waals surface area (Å²) in [5.41, 5.74) is 5.42. The Morgan fingerprint density at radius 2 is 1.71 bits per heavy atom. The van der Waals surface area contributed by atoms with Crippen LogP contribution in [0.25, 0.3) is 0 Å². The maximum Gasteiger partial charge on any atom is 0.257 e. The Labute approximate surface area is 149 Å². The van der Waals surface area contributed by atoms with Gasteiger partial charge in [-0.2, -0.15) is 0 Å². The molecule has 2 aliphatic carbocycles. The molecule has 0 atom stereocenters. The van der Waals surface area contributed by atoms with Crippen LogP contribution in [0.4, 0.5) is 4.39 Å². The van der Waals surface area contributed by atoms with Crippen molar-refractivity contribution < 1.29 is 14.0 Å². The van der Waals surface area contributed by atoms with E-state index >= 15 is 0 Å². The first-order valence-electron chi connectivity index (χ1n) is 8.51. The fraction of sp³-hybridized carbons (Fsp3) is 0.556. The Morgan fingerprint density at radius 3 is 2.21 bits per heavy atom. The molecule has 2 fully saturated rings. The van der Waals surface area contributed by atoms with Crippen molar-refractivity contribution in [1.82, 2.24) is 4.90 Å². The molecule has 0 aliphatic heterocycles. The molecular formula is C18H22BrFN2O2. The SMILES string of the molecule is NC(=O)C[C@H]1CC[C@H](N(C(=O)c2ccc(Br)cc2F)C2CC2)CC1. The van der Waals surface area contributed by atoms with E-state index in [0.717, 1.165) is 38.5 Å². The highest BCUT2D eigenvalue weighted by Gasteiger charge is 2.39. The lowest BCUT2D eigenvalue weighted by atomic mass is 9.83. The van der Waals surface area contributed by atoms with Crippen LogP contribution in [0, 0.1) is 11.7 Å². The van der Waals surface area contributed by atoms with Crippen LogP contribution >= 0.6 is 15.9 Å². The molecule has 0 aromatic heterocycles. The van der Waals surface area contributed by atoms with Gasteiger partial charge in [-0.15, -0.1) is 0 Å². The largest absolute Gasteiger partial charge is 0.370 e. The Bertz CT molecular complexity index is 640. The molecule has 3 rings (SSSR count). The van der Waals surface area contributed by atoms with Gasteiger partial charge in [0.15, 0.2) is 0 Å². The number of rotatable bonds is 5. The van der Waals surface area contributed by atoms with Crippen molar-refractivity contribution in [1.29, 1.82) is 0 Å². The average Bonchev–Trinajstić information content (AvgIpc) is 3.33. The van der Waals surface area contributed by atoms with Crippen LogP contribution in [0.2, 0.25) is 0 Å². The maximum atomic E-state index is 14.2. The van der Waals surface area contributed by atoms with E-state index in [9.17, 15) is 14.0 Å². The van der Waals surface area contributed by atoms with Crippen LogP contribution in [0.5, 0.6) is 0 Å². The van der Waals surface area contributed by atoms with Crippen molar-refractivity contribution in [2.45, 2.75) is 57.0 Å². The van der Waals surface area contributed by atoms with Crippen molar-refractivity contribution >= 4 is 27.7 Å². The smallest absolute Gasteiger partial charge is 0.257 e. The topological polar surface area (TPSA) is 63.4 Å². The molecule has 4 nitrogen and oxygen atoms in total. The molecule has 2 aliphatic rings. The molecule has 1 aromatic rings. The van der Waals surface area contributed by atoms with Crippen molar-refractivity contribution in [3.8, 4) is 0 Å². The molecule has 0 bridgehead atoms. The second-order valence-corrected chi connectivity index (χ2v) is 7.83. The third kappa shape index (κ3) is 3.97. The molecule has 130 valence electrons. The molecular weight excluding hydrogens is 375 g/mol. The molecule has 0 saturated heterocycles. The van der Waals surface area contributed by atoms with Gasteiger partial charge in [0.05, 0.1) is 5.56 Å². The van der Waals surface area contributed by atoms with E-state index in [2.05, 4.69) is 15.9 Å². The van der Waals surface area contributed by atoms with Gasteiger partial charge in [0.25, 0.3) is 5.91 Å². The minimum Gasteiger partial charge on any atom is -0.370 e. The first-order valence-corrected chi connectivity index (χ1v) is 9.31. The van der Waals surface area contributed by atoms with E-state index in [1.807, 2.05) is 4.90 Å². The minimum absolute atomic E-state index is 0.136. The van der Waals surface area contributed by atoms with Crippen LogP contribution in [-0.4, -0.2) is 28.8 Å². The fourth-order valence-electron chi connectivity index (χ4n) is 3.70. The van der Waals surface area contributed by atoms with E-state index in [1.54, 1.807) is 12.1 Å². The molecule has 2 saturated carbocycles. The Kier molecular flexibility index (Phi) is 5.23. The normalized spacial score (nSPS) is 23.8. The summed E-state index contributed by atoms with van der Waals surface area (Å²) in [6, 6.07) is 4.96. The van der Waals surface area contributed by atoms with Crippen LogP contribution in [0.1, 0.15) is 55.3 Å². The van der Waals surface area contributed by atoms with Crippen molar-refractivity contribution in [3.63, 3.8) is 0 Å². The summed E-state index contributed by atoms with van der Waals surface area (Å²) < 4.78 is 14.8. The zero-order chi connectivity index (χ0) is 17.3. The van der Waals surface area contributed by atoms with Crippen LogP contribution < -0.4 is 5.73 Å². The third-order valence-corrected chi connectivity index (χ3v) is 5.53. The van der Waals surface area contributed by atoms with Crippen molar-refractivity contribution in [2.24, 2.45) is 11.7 Å². The van der Waals surface area contributed by atoms with E-state index < -0.39 is 5.82 Å². The van der Waals surface area contributed by atoms with Gasteiger partial charge in [0, 0.05) is 23.0 Å². The number of hydrogen-bond donors (Lipinski definition) is 1. The van der Waals surface area contributed by atoms with Gasteiger partial charge >= 0.3 is 0 Å². The molecule has 2 amide bonds. The number of benzene rings is 1. The average molecular weight is 397 g/mol. The second-order valence-electron chi connectivity index (χ2n) is 6.91. The maximum absolute atomic E-state index is 14.2. The van der Waals surface area contributed by atoms with E-state index in [-0.39, 0.29) is 29.5 Å². The van der Waals surface area contributed by atoms with E-state index in [0.29, 0.717) is 16.8 Å². The monoisotopic (exact) mass is 396 g/mol. The first-order chi connectivity index (χ1) is 11.5. The molecule has 2 N–H and O–H groups in total. The van der Waals surface area contributed by atoms with Gasteiger partial charge < -0.3 is 10.6 Å². The summed E-state index contributed by atoms with van der Waals surface area (Å²) in [4.78, 5) is 25.9. The Balaban J connectivity index is 1.71. The summed E-state index contributed by atoms with van der Waals surface area (Å²) >= 11 is 3.22. The van der Waals surface area contributed by atoms with Gasteiger partial charge in [-0.3, -0.25) is 9.59 Å². The van der Waals surface area contributed by atoms with Gasteiger partial charge in [-0.05, 0) is 62.6 Å². The summed E-state index contributed by atoms with van der Waals surface area (Å²) in [7, 11) is 0. The molecule has 1 aromatic carbocycles. The zero-order valence-corrected chi connectivity index (χ0v) is 15.1. The van der Waals surface area contributed by atoms with Gasteiger partial charge in [-0.1, -0.05) is 15.9 Å². The molecule has 0 heterocycles. The van der Waals surface area contributed by atoms with Gasteiger partial charge in [0.2, 0.25) is 5.91 Å². The van der Waals surface area contributed by atoms with Crippen molar-refractivity contribution in [2.75, 3.05) is 0 Å². The number of amides is 2. The zero-order valence-electron chi connectivity index (χ0n) is 13.5. The second kappa shape index (κ2) is 7.21. The van der Waals surface area contributed by atoms with Crippen LogP contribution in [0.15, 0.2) is 22.7 Å². The number of nitrogens with zero attached hydrogens (tertiary/aromatic N) is 1. The minimum atomic E-state index is -0.484. The number of nitrogens with two attached hydrogens (primary N) is 1. The fourth-order valence-corrected chi connectivity index (χ4v) is 4.03. The van der Waals surface area contributed by atoms with E-state index in [1.165, 1.54) is 6.07 Å². The quantitative estimate of drug-likeness (QED) is 0.825. The predicted molar refractivity (Wildman–Crippen MR) is 92.8 cm³/mol. The number of hydrogen-bond acceptors (Lipinski definition) is 2. The lowest BCUT2D eigenvalue weighted by molar-refractivity contribution is -0.119.